The van der Waals surface area contributed by atoms with Crippen LogP contribution < -0.4 is 9.47 Å². The molecule has 0 aliphatic heterocycles. The van der Waals surface area contributed by atoms with E-state index < -0.39 is 0 Å². The van der Waals surface area contributed by atoms with Crippen LogP contribution in [0.1, 0.15) is 5.56 Å². The highest BCUT2D eigenvalue weighted by atomic mass is 79.9. The summed E-state index contributed by atoms with van der Waals surface area (Å²) in [7, 11) is 3.05. The fourth-order valence-corrected chi connectivity index (χ4v) is 1.85. The van der Waals surface area contributed by atoms with E-state index in [1.54, 1.807) is 12.1 Å². The molecule has 0 amide bonds. The van der Waals surface area contributed by atoms with Gasteiger partial charge < -0.3 is 14.7 Å². The molecule has 1 rings (SSSR count). The predicted octanol–water partition coefficient (Wildman–Crippen LogP) is 2.84. The minimum Gasteiger partial charge on any atom is -0.493 e. The second kappa shape index (κ2) is 5.23. The van der Waals surface area contributed by atoms with Crippen LogP contribution in [-0.2, 0) is 0 Å². The topological polar surface area (TPSA) is 51.0 Å². The zero-order valence-electron chi connectivity index (χ0n) is 8.12. The van der Waals surface area contributed by atoms with Gasteiger partial charge in [0, 0.05) is 10.0 Å². The third-order valence-corrected chi connectivity index (χ3v) is 2.72. The molecule has 1 aromatic carbocycles. The molecule has 6 heteroatoms. The average molecular weight is 295 g/mol. The quantitative estimate of drug-likeness (QED) is 0.530. The van der Waals surface area contributed by atoms with E-state index in [9.17, 15) is 0 Å². The Hall–Kier alpha value is -0.940. The van der Waals surface area contributed by atoms with Crippen molar-refractivity contribution in [2.24, 2.45) is 5.16 Å². The number of oxime groups is 1. The van der Waals surface area contributed by atoms with Crippen molar-refractivity contribution in [3.8, 4) is 11.5 Å². The first-order chi connectivity index (χ1) is 7.13. The largest absolute Gasteiger partial charge is 0.493 e. The van der Waals surface area contributed by atoms with Crippen molar-refractivity contribution in [1.82, 2.24) is 0 Å². The molecule has 0 aliphatic rings. The smallest absolute Gasteiger partial charge is 0.176 e. The molecule has 0 radical (unpaired) electrons. The van der Waals surface area contributed by atoms with Gasteiger partial charge in [-0.25, -0.2) is 0 Å². The van der Waals surface area contributed by atoms with Gasteiger partial charge in [-0.2, -0.15) is 0 Å². The van der Waals surface area contributed by atoms with Crippen molar-refractivity contribution in [2.45, 2.75) is 0 Å². The summed E-state index contributed by atoms with van der Waals surface area (Å²) in [5.74, 6) is 1.08. The molecule has 0 aliphatic carbocycles. The Balaban J connectivity index is 3.32. The molecule has 0 atom stereocenters. The molecule has 82 valence electrons. The van der Waals surface area contributed by atoms with Crippen molar-refractivity contribution in [3.63, 3.8) is 0 Å². The second-order valence-electron chi connectivity index (χ2n) is 2.58. The third-order valence-electron chi connectivity index (χ3n) is 1.78. The molecule has 1 aromatic rings. The summed E-state index contributed by atoms with van der Waals surface area (Å²) in [4.78, 5) is 0. The van der Waals surface area contributed by atoms with E-state index in [-0.39, 0.29) is 5.17 Å². The molecule has 0 heterocycles. The molecule has 0 fully saturated rings. The highest BCUT2D eigenvalue weighted by Crippen LogP contribution is 2.33. The molecule has 0 bridgehead atoms. The first kappa shape index (κ1) is 12.1. The summed E-state index contributed by atoms with van der Waals surface area (Å²) >= 11 is 8.97. The van der Waals surface area contributed by atoms with Crippen molar-refractivity contribution in [2.75, 3.05) is 14.2 Å². The van der Waals surface area contributed by atoms with Gasteiger partial charge in [-0.1, -0.05) is 16.8 Å². The second-order valence-corrected chi connectivity index (χ2v) is 3.79. The zero-order valence-corrected chi connectivity index (χ0v) is 10.5. The van der Waals surface area contributed by atoms with Crippen LogP contribution in [0.15, 0.2) is 21.8 Å². The van der Waals surface area contributed by atoms with Crippen LogP contribution in [-0.4, -0.2) is 24.6 Å². The van der Waals surface area contributed by atoms with Gasteiger partial charge in [0.05, 0.1) is 14.2 Å². The Morgan fingerprint density at radius 3 is 2.33 bits per heavy atom. The summed E-state index contributed by atoms with van der Waals surface area (Å²) in [6.45, 7) is 0. The molecule has 0 saturated carbocycles. The van der Waals surface area contributed by atoms with E-state index in [1.807, 2.05) is 0 Å². The lowest BCUT2D eigenvalue weighted by molar-refractivity contribution is 0.320. The van der Waals surface area contributed by atoms with E-state index in [4.69, 9.17) is 26.3 Å². The van der Waals surface area contributed by atoms with Gasteiger partial charge in [0.1, 0.15) is 0 Å². The first-order valence-electron chi connectivity index (χ1n) is 3.93. The van der Waals surface area contributed by atoms with Gasteiger partial charge in [0.25, 0.3) is 0 Å². The third kappa shape index (κ3) is 2.54. The number of nitrogens with zero attached hydrogens (tertiary/aromatic N) is 1. The van der Waals surface area contributed by atoms with Gasteiger partial charge in [0.2, 0.25) is 0 Å². The zero-order chi connectivity index (χ0) is 11.4. The van der Waals surface area contributed by atoms with Crippen molar-refractivity contribution in [1.29, 1.82) is 0 Å². The lowest BCUT2D eigenvalue weighted by atomic mass is 10.2. The van der Waals surface area contributed by atoms with Crippen LogP contribution in [0.25, 0.3) is 0 Å². The fourth-order valence-electron chi connectivity index (χ4n) is 1.07. The number of hydrogen-bond donors (Lipinski definition) is 1. The monoisotopic (exact) mass is 293 g/mol. The summed E-state index contributed by atoms with van der Waals surface area (Å²) in [6, 6.07) is 3.30. The molecular formula is C9H9BrClNO3. The molecule has 1 N–H and O–H groups in total. The molecule has 0 spiro atoms. The fraction of sp³-hybridized carbons (Fsp3) is 0.222. The van der Waals surface area contributed by atoms with Crippen LogP contribution in [0.5, 0.6) is 11.5 Å². The van der Waals surface area contributed by atoms with Crippen LogP contribution in [0, 0.1) is 0 Å². The standard InChI is InChI=1S/C9H9BrClNO3/c1-14-7-3-5(9(11)12-13)6(10)4-8(7)15-2/h3-4,13H,1-2H3. The van der Waals surface area contributed by atoms with Gasteiger partial charge in [0.15, 0.2) is 16.7 Å². The lowest BCUT2D eigenvalue weighted by Gasteiger charge is -2.10. The number of hydrogen-bond acceptors (Lipinski definition) is 4. The Bertz CT molecular complexity index is 395. The molecule has 4 nitrogen and oxygen atoms in total. The minimum atomic E-state index is -0.0252. The first-order valence-corrected chi connectivity index (χ1v) is 5.10. The summed E-state index contributed by atoms with van der Waals surface area (Å²) in [6.07, 6.45) is 0. The SMILES string of the molecule is COc1cc(Br)c(C(Cl)=NO)cc1OC. The predicted molar refractivity (Wildman–Crippen MR) is 61.4 cm³/mol. The van der Waals surface area contributed by atoms with Crippen LogP contribution in [0.3, 0.4) is 0 Å². The van der Waals surface area contributed by atoms with E-state index in [2.05, 4.69) is 21.1 Å². The van der Waals surface area contributed by atoms with Crippen molar-refractivity contribution < 1.29 is 14.7 Å². The van der Waals surface area contributed by atoms with Gasteiger partial charge in [-0.15, -0.1) is 0 Å². The Kier molecular flexibility index (Phi) is 4.23. The molecule has 0 unspecified atom stereocenters. The highest BCUT2D eigenvalue weighted by Gasteiger charge is 2.12. The molecule has 15 heavy (non-hydrogen) atoms. The van der Waals surface area contributed by atoms with Crippen molar-refractivity contribution >= 4 is 32.7 Å². The maximum atomic E-state index is 8.57. The lowest BCUT2D eigenvalue weighted by Crippen LogP contribution is -1.97. The Morgan fingerprint density at radius 2 is 1.87 bits per heavy atom. The maximum absolute atomic E-state index is 8.57. The highest BCUT2D eigenvalue weighted by molar-refractivity contribution is 9.10. The van der Waals surface area contributed by atoms with E-state index >= 15 is 0 Å². The summed E-state index contributed by atoms with van der Waals surface area (Å²) in [5, 5.41) is 11.4. The number of halogens is 2. The summed E-state index contributed by atoms with van der Waals surface area (Å²) < 4.78 is 10.8. The van der Waals surface area contributed by atoms with Gasteiger partial charge in [-0.3, -0.25) is 0 Å². The molecule has 0 aromatic heterocycles. The molecular weight excluding hydrogens is 285 g/mol. The van der Waals surface area contributed by atoms with E-state index in [0.29, 0.717) is 21.5 Å². The van der Waals surface area contributed by atoms with Gasteiger partial charge >= 0.3 is 0 Å². The molecule has 0 saturated heterocycles. The Morgan fingerprint density at radius 1 is 1.33 bits per heavy atom. The number of rotatable bonds is 3. The van der Waals surface area contributed by atoms with Crippen LogP contribution in [0.4, 0.5) is 0 Å². The van der Waals surface area contributed by atoms with Crippen molar-refractivity contribution in [3.05, 3.63) is 22.2 Å². The maximum Gasteiger partial charge on any atom is 0.176 e. The number of benzene rings is 1. The Labute approximate surface area is 101 Å². The van der Waals surface area contributed by atoms with Crippen LogP contribution in [0.2, 0.25) is 0 Å². The average Bonchev–Trinajstić information content (AvgIpc) is 2.27. The number of methoxy groups -OCH3 is 2. The van der Waals surface area contributed by atoms with E-state index in [1.165, 1.54) is 14.2 Å². The summed E-state index contributed by atoms with van der Waals surface area (Å²) in [5.41, 5.74) is 0.525. The van der Waals surface area contributed by atoms with E-state index in [0.717, 1.165) is 0 Å². The van der Waals surface area contributed by atoms with Gasteiger partial charge in [-0.05, 0) is 28.1 Å². The van der Waals surface area contributed by atoms with Crippen LogP contribution >= 0.6 is 27.5 Å². The number of ether oxygens (including phenoxy) is 2. The minimum absolute atomic E-state index is 0.0252. The normalized spacial score (nSPS) is 11.3.